The highest BCUT2D eigenvalue weighted by Gasteiger charge is 2.46. The number of nitrogens with two attached hydrogens (primary N) is 1. The molecule has 5 N–H and O–H groups in total. The molecular formula is C35H55FN2O7. The van der Waals surface area contributed by atoms with E-state index in [0.717, 1.165) is 38.5 Å². The minimum absolute atomic E-state index is 0.0445. The summed E-state index contributed by atoms with van der Waals surface area (Å²) in [4.78, 5) is 49.9. The summed E-state index contributed by atoms with van der Waals surface area (Å²) in [6, 6.07) is 5.57. The number of ketones is 1. The molecule has 45 heavy (non-hydrogen) atoms. The first-order chi connectivity index (χ1) is 21.6. The molecule has 0 bridgehead atoms. The number of carboxylic acids is 1. The minimum Gasteiger partial charge on any atom is -0.494 e. The number of hydrogen-bond acceptors (Lipinski definition) is 6. The second-order valence-corrected chi connectivity index (χ2v) is 11.7. The lowest BCUT2D eigenvalue weighted by Gasteiger charge is -2.30. The summed E-state index contributed by atoms with van der Waals surface area (Å²) in [6.07, 6.45) is 14.4. The highest BCUT2D eigenvalue weighted by Crippen LogP contribution is 2.27. The van der Waals surface area contributed by atoms with Gasteiger partial charge in [0.05, 0.1) is 19.2 Å². The van der Waals surface area contributed by atoms with Gasteiger partial charge in [-0.1, -0.05) is 83.1 Å². The SMILES string of the molecule is CCCCCCCC(=O)CCCCCC/C=C/[C@H](C(=O)N[C@@H](Cc1ccc(OCCCF)cc1)C(N)=O)[C@@](O)(CCC)C(=O)O. The summed E-state index contributed by atoms with van der Waals surface area (Å²) in [5.41, 5.74) is 3.88. The number of carbonyl (C=O) groups is 4. The van der Waals surface area contributed by atoms with E-state index in [1.165, 1.54) is 25.3 Å². The molecule has 0 radical (unpaired) electrons. The van der Waals surface area contributed by atoms with Crippen LogP contribution in [0.25, 0.3) is 0 Å². The Morgan fingerprint density at radius 3 is 2.11 bits per heavy atom. The van der Waals surface area contributed by atoms with E-state index in [2.05, 4.69) is 12.2 Å². The second kappa shape index (κ2) is 23.1. The number of hydrogen-bond donors (Lipinski definition) is 4. The highest BCUT2D eigenvalue weighted by molar-refractivity contribution is 5.93. The Balaban J connectivity index is 2.75. The number of unbranched alkanes of at least 4 members (excludes halogenated alkanes) is 8. The van der Waals surface area contributed by atoms with Crippen LogP contribution in [-0.2, 0) is 25.6 Å². The van der Waals surface area contributed by atoms with E-state index in [1.54, 1.807) is 37.3 Å². The molecule has 1 rings (SSSR count). The lowest BCUT2D eigenvalue weighted by atomic mass is 9.82. The molecule has 10 heteroatoms. The van der Waals surface area contributed by atoms with E-state index in [0.29, 0.717) is 42.8 Å². The molecule has 0 unspecified atom stereocenters. The van der Waals surface area contributed by atoms with Crippen LogP contribution >= 0.6 is 0 Å². The zero-order valence-corrected chi connectivity index (χ0v) is 27.2. The van der Waals surface area contributed by atoms with Gasteiger partial charge in [-0.15, -0.1) is 0 Å². The molecule has 9 nitrogen and oxygen atoms in total. The number of alkyl halides is 1. The highest BCUT2D eigenvalue weighted by atomic mass is 19.1. The third-order valence-electron chi connectivity index (χ3n) is 7.83. The fourth-order valence-corrected chi connectivity index (χ4v) is 5.15. The maximum atomic E-state index is 13.4. The number of carboxylic acid groups (broad SMARTS) is 1. The van der Waals surface area contributed by atoms with Crippen LogP contribution in [0.4, 0.5) is 4.39 Å². The van der Waals surface area contributed by atoms with Crippen LogP contribution in [0, 0.1) is 5.92 Å². The first kappa shape index (κ1) is 39.8. The van der Waals surface area contributed by atoms with E-state index in [-0.39, 0.29) is 25.9 Å². The number of benzene rings is 1. The number of Topliss-reactive ketones (excluding diaryl/α,β-unsaturated/α-hetero) is 1. The molecule has 0 saturated heterocycles. The predicted molar refractivity (Wildman–Crippen MR) is 174 cm³/mol. The number of rotatable bonds is 27. The standard InChI is InChI=1S/C35H55FN2O7/c1-3-5-6-9-12-16-28(39)17-13-10-7-8-11-14-18-30(35(44,23-4-2)34(42)43)33(41)38-31(32(37)40)26-27-19-21-29(22-20-27)45-25-15-24-36/h14,18-22,30-31,44H,3-13,15-17,23-26H2,1-2H3,(H2,37,40)(H,38,41)(H,42,43)/b18-14+/t30-,31+,35+/m1/s1. The molecular weight excluding hydrogens is 579 g/mol. The van der Waals surface area contributed by atoms with Crippen molar-refractivity contribution in [2.45, 2.75) is 128 Å². The zero-order chi connectivity index (χ0) is 33.5. The third kappa shape index (κ3) is 16.0. The van der Waals surface area contributed by atoms with Gasteiger partial charge < -0.3 is 26.0 Å². The van der Waals surface area contributed by atoms with Crippen molar-refractivity contribution in [2.24, 2.45) is 11.7 Å². The fraction of sp³-hybridized carbons (Fsp3) is 0.657. The van der Waals surface area contributed by atoms with Crippen molar-refractivity contribution in [3.05, 3.63) is 42.0 Å². The van der Waals surface area contributed by atoms with Crippen LogP contribution in [0.1, 0.15) is 116 Å². The first-order valence-corrected chi connectivity index (χ1v) is 16.6. The molecule has 0 saturated carbocycles. The Hall–Kier alpha value is -3.27. The van der Waals surface area contributed by atoms with Gasteiger partial charge in [-0.3, -0.25) is 18.8 Å². The summed E-state index contributed by atoms with van der Waals surface area (Å²) >= 11 is 0. The Kier molecular flexibility index (Phi) is 20.4. The van der Waals surface area contributed by atoms with Gasteiger partial charge in [0.15, 0.2) is 5.60 Å². The smallest absolute Gasteiger partial charge is 0.336 e. The van der Waals surface area contributed by atoms with Crippen molar-refractivity contribution < 1.29 is 38.5 Å². The van der Waals surface area contributed by atoms with Crippen LogP contribution in [0.15, 0.2) is 36.4 Å². The Morgan fingerprint density at radius 2 is 1.56 bits per heavy atom. The molecule has 0 aliphatic heterocycles. The van der Waals surface area contributed by atoms with Crippen molar-refractivity contribution in [1.82, 2.24) is 5.32 Å². The normalized spacial score (nSPS) is 14.0. The van der Waals surface area contributed by atoms with Gasteiger partial charge in [0.1, 0.15) is 17.6 Å². The number of primary amides is 1. The lowest BCUT2D eigenvalue weighted by molar-refractivity contribution is -0.167. The molecule has 254 valence electrons. The van der Waals surface area contributed by atoms with Crippen molar-refractivity contribution >= 4 is 23.6 Å². The fourth-order valence-electron chi connectivity index (χ4n) is 5.15. The minimum atomic E-state index is -2.37. The summed E-state index contributed by atoms with van der Waals surface area (Å²) in [5, 5.41) is 23.5. The number of allylic oxidation sites excluding steroid dienone is 1. The number of aliphatic hydroxyl groups is 1. The topological polar surface area (TPSA) is 156 Å². The average molecular weight is 635 g/mol. The zero-order valence-electron chi connectivity index (χ0n) is 27.2. The molecule has 0 fully saturated rings. The summed E-state index contributed by atoms with van der Waals surface area (Å²) < 4.78 is 17.7. The van der Waals surface area contributed by atoms with Crippen LogP contribution < -0.4 is 15.8 Å². The van der Waals surface area contributed by atoms with Crippen molar-refractivity contribution in [3.63, 3.8) is 0 Å². The molecule has 2 amide bonds. The van der Waals surface area contributed by atoms with Gasteiger partial charge >= 0.3 is 5.97 Å². The molecule has 3 atom stereocenters. The number of ether oxygens (including phenoxy) is 1. The van der Waals surface area contributed by atoms with Crippen LogP contribution in [0.5, 0.6) is 5.75 Å². The summed E-state index contributed by atoms with van der Waals surface area (Å²) in [7, 11) is 0. The molecule has 0 aliphatic rings. The van der Waals surface area contributed by atoms with E-state index < -0.39 is 42.0 Å². The number of halogens is 1. The maximum Gasteiger partial charge on any atom is 0.336 e. The molecule has 0 aliphatic carbocycles. The Labute approximate surface area is 268 Å². The van der Waals surface area contributed by atoms with E-state index >= 15 is 0 Å². The van der Waals surface area contributed by atoms with E-state index in [1.807, 2.05) is 0 Å². The van der Waals surface area contributed by atoms with Crippen molar-refractivity contribution in [2.75, 3.05) is 13.3 Å². The number of aliphatic carboxylic acids is 1. The van der Waals surface area contributed by atoms with Gasteiger partial charge in [-0.05, 0) is 49.8 Å². The van der Waals surface area contributed by atoms with Crippen molar-refractivity contribution in [1.29, 1.82) is 0 Å². The number of nitrogens with one attached hydrogen (secondary N) is 1. The average Bonchev–Trinajstić information content (AvgIpc) is 3.00. The van der Waals surface area contributed by atoms with Gasteiger partial charge in [0, 0.05) is 25.7 Å². The molecule has 1 aromatic carbocycles. The number of amides is 2. The lowest BCUT2D eigenvalue weighted by Crippen LogP contribution is -2.55. The van der Waals surface area contributed by atoms with Crippen LogP contribution in [0.2, 0.25) is 0 Å². The van der Waals surface area contributed by atoms with Crippen LogP contribution in [-0.4, -0.2) is 58.7 Å². The molecule has 0 aromatic heterocycles. The first-order valence-electron chi connectivity index (χ1n) is 16.6. The van der Waals surface area contributed by atoms with Crippen molar-refractivity contribution in [3.8, 4) is 5.75 Å². The predicted octanol–water partition coefficient (Wildman–Crippen LogP) is 6.00. The maximum absolute atomic E-state index is 13.4. The largest absolute Gasteiger partial charge is 0.494 e. The molecule has 0 heterocycles. The monoisotopic (exact) mass is 634 g/mol. The van der Waals surface area contributed by atoms with Gasteiger partial charge in [0.2, 0.25) is 11.8 Å². The number of carbonyl (C=O) groups excluding carboxylic acids is 3. The quantitative estimate of drug-likeness (QED) is 0.0684. The Bertz CT molecular complexity index is 1050. The van der Waals surface area contributed by atoms with E-state index in [4.69, 9.17) is 10.5 Å². The summed E-state index contributed by atoms with van der Waals surface area (Å²) in [6.45, 7) is 3.63. The van der Waals surface area contributed by atoms with Gasteiger partial charge in [-0.2, -0.15) is 0 Å². The Morgan fingerprint density at radius 1 is 0.933 bits per heavy atom. The van der Waals surface area contributed by atoms with Gasteiger partial charge in [0.25, 0.3) is 0 Å². The van der Waals surface area contributed by atoms with Crippen LogP contribution in [0.3, 0.4) is 0 Å². The molecule has 1 aromatic rings. The molecule has 0 spiro atoms. The van der Waals surface area contributed by atoms with E-state index in [9.17, 15) is 33.8 Å². The third-order valence-corrected chi connectivity index (χ3v) is 7.83. The summed E-state index contributed by atoms with van der Waals surface area (Å²) in [5.74, 6) is -3.74. The van der Waals surface area contributed by atoms with Gasteiger partial charge in [-0.25, -0.2) is 4.79 Å². The second-order valence-electron chi connectivity index (χ2n) is 11.7.